The van der Waals surface area contributed by atoms with E-state index in [-0.39, 0.29) is 11.9 Å². The standard InChI is InChI=1S/C8H16N2O/c1-6(2)10-4-3-7(9)5-8(10)11/h6-7H,3-5,9H2,1-2H3. The Bertz CT molecular complexity index is 156. The van der Waals surface area contributed by atoms with Gasteiger partial charge in [-0.2, -0.15) is 0 Å². The molecule has 0 aromatic carbocycles. The maximum Gasteiger partial charge on any atom is 0.224 e. The lowest BCUT2D eigenvalue weighted by atomic mass is 10.0. The third-order valence-electron chi connectivity index (χ3n) is 2.12. The van der Waals surface area contributed by atoms with Crippen LogP contribution in [0.5, 0.6) is 0 Å². The van der Waals surface area contributed by atoms with Gasteiger partial charge in [0.25, 0.3) is 0 Å². The average Bonchev–Trinajstić information content (AvgIpc) is 1.85. The first-order chi connectivity index (χ1) is 5.11. The monoisotopic (exact) mass is 156 g/mol. The van der Waals surface area contributed by atoms with Crippen molar-refractivity contribution in [3.05, 3.63) is 0 Å². The lowest BCUT2D eigenvalue weighted by Crippen LogP contribution is -2.46. The zero-order valence-corrected chi connectivity index (χ0v) is 7.21. The van der Waals surface area contributed by atoms with Crippen LogP contribution in [-0.4, -0.2) is 29.4 Å². The zero-order chi connectivity index (χ0) is 8.43. The first kappa shape index (κ1) is 8.53. The maximum atomic E-state index is 11.3. The van der Waals surface area contributed by atoms with Crippen molar-refractivity contribution in [2.45, 2.75) is 38.8 Å². The molecule has 3 heteroatoms. The summed E-state index contributed by atoms with van der Waals surface area (Å²) in [6.07, 6.45) is 1.47. The summed E-state index contributed by atoms with van der Waals surface area (Å²) in [4.78, 5) is 13.2. The lowest BCUT2D eigenvalue weighted by molar-refractivity contribution is -0.135. The molecule has 1 unspecified atom stereocenters. The second-order valence-corrected chi connectivity index (χ2v) is 3.43. The minimum absolute atomic E-state index is 0.0949. The molecule has 1 aliphatic heterocycles. The number of carbonyl (C=O) groups is 1. The minimum atomic E-state index is 0.0949. The number of nitrogens with two attached hydrogens (primary N) is 1. The summed E-state index contributed by atoms with van der Waals surface area (Å²) in [6.45, 7) is 4.90. The molecule has 1 atom stereocenters. The molecule has 3 nitrogen and oxygen atoms in total. The van der Waals surface area contributed by atoms with Gasteiger partial charge in [0, 0.05) is 25.0 Å². The van der Waals surface area contributed by atoms with Gasteiger partial charge in [-0.3, -0.25) is 4.79 Å². The van der Waals surface area contributed by atoms with Crippen molar-refractivity contribution in [2.75, 3.05) is 6.54 Å². The van der Waals surface area contributed by atoms with Crippen molar-refractivity contribution in [3.63, 3.8) is 0 Å². The molecule has 0 radical (unpaired) electrons. The van der Waals surface area contributed by atoms with Crippen LogP contribution in [0.15, 0.2) is 0 Å². The van der Waals surface area contributed by atoms with Gasteiger partial charge in [0.2, 0.25) is 5.91 Å². The molecule has 11 heavy (non-hydrogen) atoms. The van der Waals surface area contributed by atoms with E-state index in [0.717, 1.165) is 13.0 Å². The molecule has 0 aliphatic carbocycles. The van der Waals surface area contributed by atoms with Crippen LogP contribution in [0.1, 0.15) is 26.7 Å². The first-order valence-electron chi connectivity index (χ1n) is 4.16. The van der Waals surface area contributed by atoms with E-state index in [1.54, 1.807) is 0 Å². The zero-order valence-electron chi connectivity index (χ0n) is 7.21. The largest absolute Gasteiger partial charge is 0.340 e. The molecule has 2 N–H and O–H groups in total. The summed E-state index contributed by atoms with van der Waals surface area (Å²) in [5, 5.41) is 0. The smallest absolute Gasteiger partial charge is 0.224 e. The van der Waals surface area contributed by atoms with E-state index in [2.05, 4.69) is 0 Å². The fourth-order valence-corrected chi connectivity index (χ4v) is 1.42. The lowest BCUT2D eigenvalue weighted by Gasteiger charge is -2.33. The predicted molar refractivity (Wildman–Crippen MR) is 44.1 cm³/mol. The van der Waals surface area contributed by atoms with Gasteiger partial charge in [-0.05, 0) is 20.3 Å². The topological polar surface area (TPSA) is 46.3 Å². The molecule has 0 saturated carbocycles. The van der Waals surface area contributed by atoms with Crippen molar-refractivity contribution >= 4 is 5.91 Å². The number of hydrogen-bond acceptors (Lipinski definition) is 2. The van der Waals surface area contributed by atoms with Crippen LogP contribution >= 0.6 is 0 Å². The molecule has 1 heterocycles. The Labute approximate surface area is 67.5 Å². The van der Waals surface area contributed by atoms with Gasteiger partial charge >= 0.3 is 0 Å². The summed E-state index contributed by atoms with van der Waals surface area (Å²) in [7, 11) is 0. The number of carbonyl (C=O) groups excluding carboxylic acids is 1. The van der Waals surface area contributed by atoms with Crippen LogP contribution in [0.25, 0.3) is 0 Å². The SMILES string of the molecule is CC(C)N1CCC(N)CC1=O. The van der Waals surface area contributed by atoms with E-state index in [9.17, 15) is 4.79 Å². The molecule has 1 aliphatic rings. The van der Waals surface area contributed by atoms with Crippen LogP contribution in [-0.2, 0) is 4.79 Å². The van der Waals surface area contributed by atoms with E-state index in [1.807, 2.05) is 18.7 Å². The molecule has 0 aromatic rings. The van der Waals surface area contributed by atoms with Gasteiger partial charge in [0.15, 0.2) is 0 Å². The van der Waals surface area contributed by atoms with Crippen molar-refractivity contribution in [1.82, 2.24) is 4.90 Å². The summed E-state index contributed by atoms with van der Waals surface area (Å²) in [5.74, 6) is 0.207. The van der Waals surface area contributed by atoms with E-state index >= 15 is 0 Å². The normalized spacial score (nSPS) is 26.4. The van der Waals surface area contributed by atoms with Gasteiger partial charge in [-0.1, -0.05) is 0 Å². The molecule has 1 saturated heterocycles. The molecular formula is C8H16N2O. The van der Waals surface area contributed by atoms with E-state index in [0.29, 0.717) is 12.5 Å². The second-order valence-electron chi connectivity index (χ2n) is 3.43. The highest BCUT2D eigenvalue weighted by atomic mass is 16.2. The Kier molecular flexibility index (Phi) is 2.49. The van der Waals surface area contributed by atoms with E-state index < -0.39 is 0 Å². The summed E-state index contributed by atoms with van der Waals surface area (Å²) in [5.41, 5.74) is 5.64. The number of rotatable bonds is 1. The number of piperidine rings is 1. The average molecular weight is 156 g/mol. The summed E-state index contributed by atoms with van der Waals surface area (Å²) >= 11 is 0. The minimum Gasteiger partial charge on any atom is -0.340 e. The fourth-order valence-electron chi connectivity index (χ4n) is 1.42. The molecule has 0 spiro atoms. The van der Waals surface area contributed by atoms with Gasteiger partial charge in [-0.25, -0.2) is 0 Å². The van der Waals surface area contributed by atoms with Crippen LogP contribution in [0.2, 0.25) is 0 Å². The number of likely N-dealkylation sites (tertiary alicyclic amines) is 1. The van der Waals surface area contributed by atoms with Gasteiger partial charge in [0.05, 0.1) is 0 Å². The highest BCUT2D eigenvalue weighted by Gasteiger charge is 2.24. The Hall–Kier alpha value is -0.570. The fraction of sp³-hybridized carbons (Fsp3) is 0.875. The molecule has 1 rings (SSSR count). The Morgan fingerprint density at radius 3 is 2.73 bits per heavy atom. The van der Waals surface area contributed by atoms with Crippen LogP contribution in [0.4, 0.5) is 0 Å². The molecule has 1 amide bonds. The Balaban J connectivity index is 2.51. The Morgan fingerprint density at radius 2 is 2.27 bits per heavy atom. The first-order valence-corrected chi connectivity index (χ1v) is 4.16. The van der Waals surface area contributed by atoms with Gasteiger partial charge in [-0.15, -0.1) is 0 Å². The van der Waals surface area contributed by atoms with Crippen molar-refractivity contribution in [3.8, 4) is 0 Å². The molecule has 0 aromatic heterocycles. The quantitative estimate of drug-likeness (QED) is 0.595. The molecule has 1 fully saturated rings. The second kappa shape index (κ2) is 3.22. The van der Waals surface area contributed by atoms with Crippen molar-refractivity contribution in [1.29, 1.82) is 0 Å². The summed E-state index contributed by atoms with van der Waals surface area (Å²) in [6, 6.07) is 0.424. The van der Waals surface area contributed by atoms with E-state index in [1.165, 1.54) is 0 Å². The van der Waals surface area contributed by atoms with E-state index in [4.69, 9.17) is 5.73 Å². The highest BCUT2D eigenvalue weighted by Crippen LogP contribution is 2.12. The molecular weight excluding hydrogens is 140 g/mol. The third-order valence-corrected chi connectivity index (χ3v) is 2.12. The molecule has 0 bridgehead atoms. The number of amides is 1. The molecule has 64 valence electrons. The van der Waals surface area contributed by atoms with Crippen molar-refractivity contribution in [2.24, 2.45) is 5.73 Å². The number of hydrogen-bond donors (Lipinski definition) is 1. The van der Waals surface area contributed by atoms with Crippen LogP contribution in [0.3, 0.4) is 0 Å². The Morgan fingerprint density at radius 1 is 1.64 bits per heavy atom. The predicted octanol–water partition coefficient (Wildman–Crippen LogP) is 0.344. The van der Waals surface area contributed by atoms with Gasteiger partial charge in [0.1, 0.15) is 0 Å². The van der Waals surface area contributed by atoms with Gasteiger partial charge < -0.3 is 10.6 Å². The third kappa shape index (κ3) is 1.93. The van der Waals surface area contributed by atoms with Crippen LogP contribution < -0.4 is 5.73 Å². The maximum absolute atomic E-state index is 11.3. The van der Waals surface area contributed by atoms with Crippen molar-refractivity contribution < 1.29 is 4.79 Å². The van der Waals surface area contributed by atoms with Crippen LogP contribution in [0, 0.1) is 0 Å². The summed E-state index contributed by atoms with van der Waals surface area (Å²) < 4.78 is 0. The highest BCUT2D eigenvalue weighted by molar-refractivity contribution is 5.77. The number of nitrogens with zero attached hydrogens (tertiary/aromatic N) is 1.